The molecule has 6 nitrogen and oxygen atoms in total. The summed E-state index contributed by atoms with van der Waals surface area (Å²) in [6.45, 7) is 3.13. The summed E-state index contributed by atoms with van der Waals surface area (Å²) in [7, 11) is 2.69. The molecular formula is C19H30O6. The van der Waals surface area contributed by atoms with Crippen molar-refractivity contribution < 1.29 is 28.5 Å². The lowest BCUT2D eigenvalue weighted by Gasteiger charge is -2.38. The Balaban J connectivity index is 1.57. The van der Waals surface area contributed by atoms with Crippen molar-refractivity contribution in [3.63, 3.8) is 0 Å². The zero-order valence-electron chi connectivity index (χ0n) is 15.5. The molecule has 0 aromatic carbocycles. The first-order valence-electron chi connectivity index (χ1n) is 9.37. The van der Waals surface area contributed by atoms with Crippen LogP contribution in [0, 0.1) is 35.0 Å². The van der Waals surface area contributed by atoms with Gasteiger partial charge in [-0.2, -0.15) is 0 Å². The Kier molecular flexibility index (Phi) is 5.44. The molecular weight excluding hydrogens is 324 g/mol. The predicted molar refractivity (Wildman–Crippen MR) is 90.0 cm³/mol. The van der Waals surface area contributed by atoms with Crippen molar-refractivity contribution in [2.24, 2.45) is 35.0 Å². The van der Waals surface area contributed by atoms with E-state index in [0.29, 0.717) is 25.0 Å². The van der Waals surface area contributed by atoms with Crippen LogP contribution in [0.25, 0.3) is 0 Å². The van der Waals surface area contributed by atoms with Gasteiger partial charge in [-0.15, -0.1) is 0 Å². The summed E-state index contributed by atoms with van der Waals surface area (Å²) in [4.78, 5) is 22.5. The molecule has 0 heterocycles. The van der Waals surface area contributed by atoms with Gasteiger partial charge in [0.15, 0.2) is 0 Å². The van der Waals surface area contributed by atoms with Crippen LogP contribution in [0.3, 0.4) is 0 Å². The van der Waals surface area contributed by atoms with Crippen LogP contribution in [0.5, 0.6) is 0 Å². The molecule has 0 aromatic rings. The molecule has 3 aliphatic rings. The van der Waals surface area contributed by atoms with Gasteiger partial charge < -0.3 is 18.9 Å². The quantitative estimate of drug-likeness (QED) is 0.695. The van der Waals surface area contributed by atoms with E-state index in [0.717, 1.165) is 37.0 Å². The van der Waals surface area contributed by atoms with Crippen LogP contribution in [-0.2, 0) is 18.9 Å². The maximum Gasteiger partial charge on any atom is 0.507 e. The van der Waals surface area contributed by atoms with E-state index in [1.54, 1.807) is 0 Å². The number of ether oxygens (including phenoxy) is 4. The number of methoxy groups -OCH3 is 2. The molecule has 3 aliphatic carbocycles. The fraction of sp³-hybridized carbons (Fsp3) is 0.895. The first kappa shape index (κ1) is 18.3. The molecule has 0 N–H and O–H groups in total. The lowest BCUT2D eigenvalue weighted by atomic mass is 9.68. The molecule has 3 rings (SSSR count). The van der Waals surface area contributed by atoms with Crippen molar-refractivity contribution in [2.45, 2.75) is 45.4 Å². The second-order valence-corrected chi connectivity index (χ2v) is 8.39. The molecule has 25 heavy (non-hydrogen) atoms. The lowest BCUT2D eigenvalue weighted by molar-refractivity contribution is 0.00813. The van der Waals surface area contributed by atoms with Gasteiger partial charge in [0.25, 0.3) is 0 Å². The molecule has 6 unspecified atom stereocenters. The molecule has 0 radical (unpaired) electrons. The first-order valence-corrected chi connectivity index (χ1v) is 9.37. The number of carbonyl (C=O) groups excluding carboxylic acids is 2. The Morgan fingerprint density at radius 3 is 2.40 bits per heavy atom. The molecule has 6 heteroatoms. The summed E-state index contributed by atoms with van der Waals surface area (Å²) in [5.41, 5.74) is 0.0547. The van der Waals surface area contributed by atoms with E-state index in [-0.39, 0.29) is 5.41 Å². The van der Waals surface area contributed by atoms with Gasteiger partial charge in [-0.1, -0.05) is 6.92 Å². The van der Waals surface area contributed by atoms with Crippen LogP contribution in [0.2, 0.25) is 0 Å². The lowest BCUT2D eigenvalue weighted by Crippen LogP contribution is -2.33. The minimum atomic E-state index is -0.591. The van der Waals surface area contributed by atoms with Gasteiger partial charge in [0.1, 0.15) is 6.61 Å². The number of carbonyl (C=O) groups is 2. The largest absolute Gasteiger partial charge is 0.507 e. The molecule has 3 saturated carbocycles. The molecule has 0 spiro atoms. The molecule has 3 fully saturated rings. The third kappa shape index (κ3) is 3.87. The Bertz CT molecular complexity index is 506. The number of hydrogen-bond acceptors (Lipinski definition) is 6. The SMILES string of the molecule is COC(=O)OCCC1CCC2C3CC(CC(C)(COC(=O)OC)C3)C12. The highest BCUT2D eigenvalue weighted by molar-refractivity contribution is 5.59. The third-order valence-electron chi connectivity index (χ3n) is 6.76. The van der Waals surface area contributed by atoms with Gasteiger partial charge in [-0.05, 0) is 68.1 Å². The summed E-state index contributed by atoms with van der Waals surface area (Å²) >= 11 is 0. The molecule has 0 aliphatic heterocycles. The molecule has 142 valence electrons. The van der Waals surface area contributed by atoms with E-state index in [1.807, 2.05) is 0 Å². The van der Waals surface area contributed by atoms with Gasteiger partial charge in [0, 0.05) is 5.41 Å². The van der Waals surface area contributed by atoms with Crippen LogP contribution in [-0.4, -0.2) is 39.7 Å². The monoisotopic (exact) mass is 354 g/mol. The number of rotatable bonds is 5. The summed E-state index contributed by atoms with van der Waals surface area (Å²) in [5, 5.41) is 0. The minimum absolute atomic E-state index is 0.0547. The van der Waals surface area contributed by atoms with E-state index < -0.39 is 12.3 Å². The Labute approximate surface area is 149 Å². The van der Waals surface area contributed by atoms with Crippen molar-refractivity contribution in [3.8, 4) is 0 Å². The zero-order chi connectivity index (χ0) is 18.0. The normalized spacial score (nSPS) is 38.8. The van der Waals surface area contributed by atoms with Gasteiger partial charge in [0.05, 0.1) is 20.8 Å². The second-order valence-electron chi connectivity index (χ2n) is 8.39. The fourth-order valence-corrected chi connectivity index (χ4v) is 6.05. The molecule has 0 saturated heterocycles. The summed E-state index contributed by atoms with van der Waals surface area (Å²) in [6, 6.07) is 0. The maximum atomic E-state index is 11.3. The fourth-order valence-electron chi connectivity index (χ4n) is 6.05. The Hall–Kier alpha value is -1.46. The highest BCUT2D eigenvalue weighted by atomic mass is 16.7. The topological polar surface area (TPSA) is 71.1 Å². The van der Waals surface area contributed by atoms with Gasteiger partial charge in [0.2, 0.25) is 0 Å². The molecule has 2 bridgehead atoms. The first-order chi connectivity index (χ1) is 12.0. The summed E-state index contributed by atoms with van der Waals surface area (Å²) < 4.78 is 19.5. The maximum absolute atomic E-state index is 11.3. The highest BCUT2D eigenvalue weighted by Gasteiger charge is 2.55. The Morgan fingerprint density at radius 1 is 1.00 bits per heavy atom. The van der Waals surface area contributed by atoms with Crippen LogP contribution in [0.4, 0.5) is 9.59 Å². The van der Waals surface area contributed by atoms with Gasteiger partial charge in [-0.25, -0.2) is 9.59 Å². The highest BCUT2D eigenvalue weighted by Crippen LogP contribution is 2.63. The van der Waals surface area contributed by atoms with Gasteiger partial charge >= 0.3 is 12.3 Å². The van der Waals surface area contributed by atoms with Crippen molar-refractivity contribution in [1.82, 2.24) is 0 Å². The third-order valence-corrected chi connectivity index (χ3v) is 6.76. The minimum Gasteiger partial charge on any atom is -0.438 e. The van der Waals surface area contributed by atoms with Crippen molar-refractivity contribution in [3.05, 3.63) is 0 Å². The Morgan fingerprint density at radius 2 is 1.68 bits per heavy atom. The van der Waals surface area contributed by atoms with E-state index in [9.17, 15) is 9.59 Å². The molecule has 0 amide bonds. The van der Waals surface area contributed by atoms with Crippen LogP contribution in [0.1, 0.15) is 45.4 Å². The standard InChI is InChI=1S/C19H30O6/c1-19(11-25-18(21)23-3)9-13-8-14(10-19)16-12(4-5-15(13)16)6-7-24-17(20)22-2/h12-16H,4-11H2,1-3H3. The summed E-state index contributed by atoms with van der Waals surface area (Å²) in [6.07, 6.45) is 5.81. The average molecular weight is 354 g/mol. The van der Waals surface area contributed by atoms with Gasteiger partial charge in [-0.3, -0.25) is 0 Å². The van der Waals surface area contributed by atoms with E-state index in [4.69, 9.17) is 9.47 Å². The second kappa shape index (κ2) is 7.42. The number of fused-ring (bicyclic) bond motifs is 5. The average Bonchev–Trinajstić information content (AvgIpc) is 3.13. The predicted octanol–water partition coefficient (Wildman–Crippen LogP) is 4.02. The van der Waals surface area contributed by atoms with E-state index in [1.165, 1.54) is 33.5 Å². The van der Waals surface area contributed by atoms with Crippen molar-refractivity contribution in [1.29, 1.82) is 0 Å². The molecule has 0 aromatic heterocycles. The van der Waals surface area contributed by atoms with Crippen LogP contribution in [0.15, 0.2) is 0 Å². The number of hydrogen-bond donors (Lipinski definition) is 0. The van der Waals surface area contributed by atoms with Crippen LogP contribution < -0.4 is 0 Å². The zero-order valence-corrected chi connectivity index (χ0v) is 15.5. The molecule has 6 atom stereocenters. The van der Waals surface area contributed by atoms with Crippen LogP contribution >= 0.6 is 0 Å². The smallest absolute Gasteiger partial charge is 0.438 e. The van der Waals surface area contributed by atoms with Crippen molar-refractivity contribution >= 4 is 12.3 Å². The summed E-state index contributed by atoms with van der Waals surface area (Å²) in [5.74, 6) is 3.58. The van der Waals surface area contributed by atoms with Crippen molar-refractivity contribution in [2.75, 3.05) is 27.4 Å². The van der Waals surface area contributed by atoms with E-state index in [2.05, 4.69) is 16.4 Å². The van der Waals surface area contributed by atoms with E-state index >= 15 is 0 Å².